The molecule has 2 saturated heterocycles. The van der Waals surface area contributed by atoms with Gasteiger partial charge in [0.15, 0.2) is 0 Å². The van der Waals surface area contributed by atoms with Gasteiger partial charge in [0.25, 0.3) is 0 Å². The van der Waals surface area contributed by atoms with Gasteiger partial charge in [0, 0.05) is 19.1 Å². The number of urea groups is 1. The quantitative estimate of drug-likeness (QED) is 0.499. The van der Waals surface area contributed by atoms with Crippen molar-refractivity contribution in [1.82, 2.24) is 14.1 Å². The van der Waals surface area contributed by atoms with Crippen molar-refractivity contribution in [2.24, 2.45) is 5.92 Å². The van der Waals surface area contributed by atoms with E-state index in [-0.39, 0.29) is 36.5 Å². The molecule has 4 amide bonds. The number of amides is 4. The molecule has 9 nitrogen and oxygen atoms in total. The molecule has 0 spiro atoms. The van der Waals surface area contributed by atoms with E-state index in [2.05, 4.69) is 0 Å². The Hall–Kier alpha value is -2.30. The SMILES string of the molecule is C[C@H]1CCCC[C@H]1N1C(=O)C(=O)N(Cc2cccc(S(=O)(=O)N3CCOCC3)c2)C1=O. The monoisotopic (exact) mass is 449 g/mol. The van der Waals surface area contributed by atoms with E-state index in [1.54, 1.807) is 12.1 Å². The average molecular weight is 450 g/mol. The van der Waals surface area contributed by atoms with Gasteiger partial charge < -0.3 is 4.74 Å². The Morgan fingerprint density at radius 2 is 1.74 bits per heavy atom. The fourth-order valence-corrected chi connectivity index (χ4v) is 6.04. The third kappa shape index (κ3) is 4.11. The second-order valence-corrected chi connectivity index (χ2v) is 10.3. The first-order valence-electron chi connectivity index (χ1n) is 10.7. The van der Waals surface area contributed by atoms with Crippen LogP contribution in [0.4, 0.5) is 4.79 Å². The van der Waals surface area contributed by atoms with E-state index in [0.29, 0.717) is 25.2 Å². The molecule has 3 aliphatic rings. The van der Waals surface area contributed by atoms with Gasteiger partial charge in [0.05, 0.1) is 24.7 Å². The topological polar surface area (TPSA) is 104 Å². The van der Waals surface area contributed by atoms with Crippen LogP contribution in [0.25, 0.3) is 0 Å². The maximum Gasteiger partial charge on any atom is 0.334 e. The number of rotatable bonds is 5. The molecule has 0 bridgehead atoms. The lowest BCUT2D eigenvalue weighted by Gasteiger charge is -2.34. The molecule has 0 N–H and O–H groups in total. The fourth-order valence-electron chi connectivity index (χ4n) is 4.56. The third-order valence-electron chi connectivity index (χ3n) is 6.33. The lowest BCUT2D eigenvalue weighted by molar-refractivity contribution is -0.144. The predicted molar refractivity (Wildman–Crippen MR) is 110 cm³/mol. The lowest BCUT2D eigenvalue weighted by atomic mass is 9.85. The van der Waals surface area contributed by atoms with Crippen LogP contribution in [0.5, 0.6) is 0 Å². The number of sulfonamides is 1. The number of hydrogen-bond acceptors (Lipinski definition) is 6. The van der Waals surface area contributed by atoms with Crippen LogP contribution in [0.2, 0.25) is 0 Å². The minimum absolute atomic E-state index is 0.0927. The van der Waals surface area contributed by atoms with Crippen LogP contribution in [0, 0.1) is 5.92 Å². The first kappa shape index (κ1) is 21.9. The summed E-state index contributed by atoms with van der Waals surface area (Å²) in [6.45, 7) is 3.09. The summed E-state index contributed by atoms with van der Waals surface area (Å²) in [5.74, 6) is -1.50. The van der Waals surface area contributed by atoms with E-state index < -0.39 is 27.9 Å². The number of carbonyl (C=O) groups excluding carboxylic acids is 3. The van der Waals surface area contributed by atoms with Crippen molar-refractivity contribution in [3.05, 3.63) is 29.8 Å². The minimum Gasteiger partial charge on any atom is -0.379 e. The zero-order valence-corrected chi connectivity index (χ0v) is 18.3. The summed E-state index contributed by atoms with van der Waals surface area (Å²) in [5.41, 5.74) is 0.474. The fraction of sp³-hybridized carbons (Fsp3) is 0.571. The molecule has 168 valence electrons. The van der Waals surface area contributed by atoms with Gasteiger partial charge in [0.2, 0.25) is 10.0 Å². The largest absolute Gasteiger partial charge is 0.379 e. The van der Waals surface area contributed by atoms with Crippen molar-refractivity contribution in [2.45, 2.75) is 50.1 Å². The average Bonchev–Trinajstić information content (AvgIpc) is 2.98. The van der Waals surface area contributed by atoms with Crippen molar-refractivity contribution in [3.8, 4) is 0 Å². The van der Waals surface area contributed by atoms with Crippen molar-refractivity contribution >= 4 is 27.9 Å². The summed E-state index contributed by atoms with van der Waals surface area (Å²) >= 11 is 0. The standard InChI is InChI=1S/C21H27N3O6S/c1-15-5-2-3-8-18(15)24-20(26)19(25)23(21(24)27)14-16-6-4-7-17(13-16)31(28,29)22-9-11-30-12-10-22/h4,6-7,13,15,18H,2-3,5,8-12,14H2,1H3/t15-,18+/m0/s1. The molecule has 1 saturated carbocycles. The highest BCUT2D eigenvalue weighted by Crippen LogP contribution is 2.31. The van der Waals surface area contributed by atoms with Crippen LogP contribution in [-0.4, -0.2) is 72.7 Å². The van der Waals surface area contributed by atoms with Gasteiger partial charge in [-0.2, -0.15) is 4.31 Å². The lowest BCUT2D eigenvalue weighted by Crippen LogP contribution is -2.46. The molecule has 1 aromatic carbocycles. The predicted octanol–water partition coefficient (Wildman–Crippen LogP) is 1.58. The Morgan fingerprint density at radius 1 is 1.03 bits per heavy atom. The molecular formula is C21H27N3O6S. The molecule has 2 atom stereocenters. The number of ether oxygens (including phenoxy) is 1. The van der Waals surface area contributed by atoms with Gasteiger partial charge in [-0.1, -0.05) is 31.9 Å². The van der Waals surface area contributed by atoms with E-state index in [4.69, 9.17) is 4.74 Å². The van der Waals surface area contributed by atoms with Crippen molar-refractivity contribution in [1.29, 1.82) is 0 Å². The first-order valence-corrected chi connectivity index (χ1v) is 12.1. The van der Waals surface area contributed by atoms with Gasteiger partial charge in [-0.25, -0.2) is 13.2 Å². The molecule has 31 heavy (non-hydrogen) atoms. The molecule has 0 aromatic heterocycles. The number of imide groups is 2. The summed E-state index contributed by atoms with van der Waals surface area (Å²) in [6, 6.07) is 5.29. The smallest absolute Gasteiger partial charge is 0.334 e. The first-order chi connectivity index (χ1) is 14.8. The molecule has 10 heteroatoms. The van der Waals surface area contributed by atoms with Crippen LogP contribution in [0.3, 0.4) is 0 Å². The van der Waals surface area contributed by atoms with Crippen LogP contribution in [-0.2, 0) is 30.9 Å². The van der Waals surface area contributed by atoms with Crippen molar-refractivity contribution in [2.75, 3.05) is 26.3 Å². The maximum atomic E-state index is 13.0. The Morgan fingerprint density at radius 3 is 2.45 bits per heavy atom. The van der Waals surface area contributed by atoms with Gasteiger partial charge in [-0.15, -0.1) is 0 Å². The van der Waals surface area contributed by atoms with E-state index >= 15 is 0 Å². The molecule has 2 aliphatic heterocycles. The molecule has 2 heterocycles. The van der Waals surface area contributed by atoms with Gasteiger partial charge in [-0.05, 0) is 36.5 Å². The highest BCUT2D eigenvalue weighted by atomic mass is 32.2. The number of carbonyl (C=O) groups is 3. The van der Waals surface area contributed by atoms with Crippen LogP contribution in [0.15, 0.2) is 29.2 Å². The summed E-state index contributed by atoms with van der Waals surface area (Å²) in [7, 11) is -3.70. The van der Waals surface area contributed by atoms with Gasteiger partial charge in [0.1, 0.15) is 0 Å². The van der Waals surface area contributed by atoms with Crippen molar-refractivity contribution < 1.29 is 27.5 Å². The Bertz CT molecular complexity index is 989. The highest BCUT2D eigenvalue weighted by molar-refractivity contribution is 7.89. The summed E-state index contributed by atoms with van der Waals surface area (Å²) in [4.78, 5) is 40.3. The number of morpholine rings is 1. The normalized spacial score (nSPS) is 26.0. The van der Waals surface area contributed by atoms with E-state index in [9.17, 15) is 22.8 Å². The van der Waals surface area contributed by atoms with Crippen LogP contribution in [0.1, 0.15) is 38.2 Å². The number of benzene rings is 1. The number of hydrogen-bond donors (Lipinski definition) is 0. The minimum atomic E-state index is -3.70. The summed E-state index contributed by atoms with van der Waals surface area (Å²) in [5, 5.41) is 0. The van der Waals surface area contributed by atoms with E-state index in [0.717, 1.165) is 29.1 Å². The Kier molecular flexibility index (Phi) is 6.14. The van der Waals surface area contributed by atoms with Crippen molar-refractivity contribution in [3.63, 3.8) is 0 Å². The zero-order valence-electron chi connectivity index (χ0n) is 17.5. The molecule has 0 unspecified atom stereocenters. The molecule has 1 aliphatic carbocycles. The summed E-state index contributed by atoms with van der Waals surface area (Å²) in [6.07, 6.45) is 3.59. The second kappa shape index (κ2) is 8.68. The maximum absolute atomic E-state index is 13.0. The molecule has 3 fully saturated rings. The highest BCUT2D eigenvalue weighted by Gasteiger charge is 2.49. The van der Waals surface area contributed by atoms with Crippen LogP contribution >= 0.6 is 0 Å². The van der Waals surface area contributed by atoms with Gasteiger partial charge in [-0.3, -0.25) is 19.4 Å². The zero-order chi connectivity index (χ0) is 22.2. The summed E-state index contributed by atoms with van der Waals surface area (Å²) < 4.78 is 32.4. The molecular weight excluding hydrogens is 422 g/mol. The van der Waals surface area contributed by atoms with Gasteiger partial charge >= 0.3 is 17.8 Å². The van der Waals surface area contributed by atoms with E-state index in [1.807, 2.05) is 6.92 Å². The third-order valence-corrected chi connectivity index (χ3v) is 8.22. The second-order valence-electron chi connectivity index (χ2n) is 8.34. The number of nitrogens with zero attached hydrogens (tertiary/aromatic N) is 3. The van der Waals surface area contributed by atoms with E-state index in [1.165, 1.54) is 16.4 Å². The van der Waals surface area contributed by atoms with Crippen LogP contribution < -0.4 is 0 Å². The molecule has 4 rings (SSSR count). The Balaban J connectivity index is 1.54. The molecule has 1 aromatic rings. The Labute approximate surface area is 182 Å². The molecule has 0 radical (unpaired) electrons.